The summed E-state index contributed by atoms with van der Waals surface area (Å²) in [6, 6.07) is 8.85. The third kappa shape index (κ3) is 8.78. The zero-order valence-corrected chi connectivity index (χ0v) is 20.5. The van der Waals surface area contributed by atoms with Crippen LogP contribution in [0.2, 0.25) is 0 Å². The van der Waals surface area contributed by atoms with Gasteiger partial charge in [0.1, 0.15) is 5.75 Å². The molecular formula is C25H34N2O6S. The number of unbranched alkanes of at least 4 members (excludes halogenated alkanes) is 9. The normalized spacial score (nSPS) is 11.3. The van der Waals surface area contributed by atoms with Crippen molar-refractivity contribution in [2.24, 2.45) is 0 Å². The van der Waals surface area contributed by atoms with E-state index < -0.39 is 20.7 Å². The molecule has 1 amide bonds. The van der Waals surface area contributed by atoms with Gasteiger partial charge in [0.2, 0.25) is 0 Å². The zero-order valence-electron chi connectivity index (χ0n) is 19.7. The van der Waals surface area contributed by atoms with Crippen molar-refractivity contribution in [1.29, 1.82) is 0 Å². The predicted octanol–water partition coefficient (Wildman–Crippen LogP) is 6.25. The van der Waals surface area contributed by atoms with Crippen molar-refractivity contribution in [2.45, 2.75) is 76.0 Å². The second-order valence-electron chi connectivity index (χ2n) is 8.44. The number of nitro benzene ring substituents is 1. The number of carbonyl (C=O) groups is 1. The highest BCUT2D eigenvalue weighted by Crippen LogP contribution is 2.25. The van der Waals surface area contributed by atoms with Crippen LogP contribution in [0.5, 0.6) is 5.75 Å². The lowest BCUT2D eigenvalue weighted by atomic mass is 10.1. The number of rotatable bonds is 15. The largest absolute Gasteiger partial charge is 0.507 e. The summed E-state index contributed by atoms with van der Waals surface area (Å²) in [5, 5.41) is 23.3. The molecule has 186 valence electrons. The highest BCUT2D eigenvalue weighted by Gasteiger charge is 2.19. The lowest BCUT2D eigenvalue weighted by Gasteiger charge is -2.10. The number of hydrogen-bond acceptors (Lipinski definition) is 6. The molecule has 0 bridgehead atoms. The first-order valence-electron chi connectivity index (χ1n) is 11.9. The van der Waals surface area contributed by atoms with Crippen LogP contribution in [0.1, 0.15) is 81.5 Å². The van der Waals surface area contributed by atoms with Crippen LogP contribution in [0.25, 0.3) is 0 Å². The van der Waals surface area contributed by atoms with Crippen molar-refractivity contribution in [3.05, 3.63) is 58.1 Å². The first-order valence-corrected chi connectivity index (χ1v) is 13.5. The van der Waals surface area contributed by atoms with Gasteiger partial charge in [-0.25, -0.2) is 8.42 Å². The number of benzene rings is 2. The van der Waals surface area contributed by atoms with Gasteiger partial charge >= 0.3 is 0 Å². The van der Waals surface area contributed by atoms with Gasteiger partial charge in [-0.3, -0.25) is 14.9 Å². The van der Waals surface area contributed by atoms with Crippen molar-refractivity contribution in [3.63, 3.8) is 0 Å². The van der Waals surface area contributed by atoms with Crippen molar-refractivity contribution in [3.8, 4) is 5.75 Å². The molecule has 0 aliphatic rings. The zero-order chi connectivity index (χ0) is 25.0. The molecule has 2 aromatic carbocycles. The standard InChI is InChI=1S/C25H34N2O6S/c1-2-3-4-5-6-7-8-9-10-11-18-34(32,33)22-16-17-24(28)23(19-22)25(29)26-20-12-14-21(15-13-20)27(30)31/h12-17,19,28H,2-11,18H2,1H3,(H,26,29). The summed E-state index contributed by atoms with van der Waals surface area (Å²) in [7, 11) is -3.59. The number of nitro groups is 1. The Labute approximate surface area is 201 Å². The average Bonchev–Trinajstić information content (AvgIpc) is 2.80. The number of anilines is 1. The van der Waals surface area contributed by atoms with Crippen LogP contribution in [-0.2, 0) is 9.84 Å². The molecule has 2 rings (SSSR count). The molecule has 0 saturated heterocycles. The van der Waals surface area contributed by atoms with E-state index >= 15 is 0 Å². The number of non-ortho nitro benzene ring substituents is 1. The molecule has 0 saturated carbocycles. The first-order chi connectivity index (χ1) is 16.2. The maximum Gasteiger partial charge on any atom is 0.269 e. The fourth-order valence-corrected chi connectivity index (χ4v) is 5.05. The van der Waals surface area contributed by atoms with E-state index in [1.165, 1.54) is 81.0 Å². The first kappa shape index (κ1) is 27.3. The van der Waals surface area contributed by atoms with Gasteiger partial charge in [0.15, 0.2) is 9.84 Å². The van der Waals surface area contributed by atoms with Gasteiger partial charge in [-0.05, 0) is 36.8 Å². The van der Waals surface area contributed by atoms with Crippen LogP contribution in [-0.4, -0.2) is 30.1 Å². The molecule has 0 fully saturated rings. The third-order valence-electron chi connectivity index (χ3n) is 5.67. The molecule has 0 aliphatic heterocycles. The Hall–Kier alpha value is -2.94. The number of aromatic hydroxyl groups is 1. The molecule has 0 radical (unpaired) electrons. The Morgan fingerprint density at radius 2 is 1.47 bits per heavy atom. The topological polar surface area (TPSA) is 127 Å². The molecule has 0 spiro atoms. The molecular weight excluding hydrogens is 456 g/mol. The van der Waals surface area contributed by atoms with Crippen LogP contribution in [0.4, 0.5) is 11.4 Å². The molecule has 0 aliphatic carbocycles. The van der Waals surface area contributed by atoms with E-state index in [-0.39, 0.29) is 33.3 Å². The maximum absolute atomic E-state index is 12.7. The number of phenolic OH excluding ortho intramolecular Hbond substituents is 1. The number of carbonyl (C=O) groups excluding carboxylic acids is 1. The smallest absolute Gasteiger partial charge is 0.269 e. The molecule has 0 unspecified atom stereocenters. The van der Waals surface area contributed by atoms with Gasteiger partial charge in [0.05, 0.1) is 21.1 Å². The number of nitrogens with zero attached hydrogens (tertiary/aromatic N) is 1. The minimum absolute atomic E-state index is 0.0162. The van der Waals surface area contributed by atoms with E-state index in [4.69, 9.17) is 0 Å². The molecule has 2 N–H and O–H groups in total. The van der Waals surface area contributed by atoms with Crippen LogP contribution in [0, 0.1) is 10.1 Å². The van der Waals surface area contributed by atoms with Gasteiger partial charge < -0.3 is 10.4 Å². The van der Waals surface area contributed by atoms with Crippen LogP contribution >= 0.6 is 0 Å². The number of hydrogen-bond donors (Lipinski definition) is 2. The second-order valence-corrected chi connectivity index (χ2v) is 10.5. The lowest BCUT2D eigenvalue weighted by molar-refractivity contribution is -0.384. The van der Waals surface area contributed by atoms with Gasteiger partial charge in [-0.1, -0.05) is 64.7 Å². The van der Waals surface area contributed by atoms with Crippen molar-refractivity contribution in [2.75, 3.05) is 11.1 Å². The maximum atomic E-state index is 12.7. The lowest BCUT2D eigenvalue weighted by Crippen LogP contribution is -2.14. The van der Waals surface area contributed by atoms with Gasteiger partial charge in [0, 0.05) is 17.8 Å². The minimum atomic E-state index is -3.59. The Morgan fingerprint density at radius 3 is 2.03 bits per heavy atom. The van der Waals surface area contributed by atoms with Gasteiger partial charge in [-0.2, -0.15) is 0 Å². The summed E-state index contributed by atoms with van der Waals surface area (Å²) >= 11 is 0. The number of amides is 1. The summed E-state index contributed by atoms with van der Waals surface area (Å²) < 4.78 is 25.5. The highest BCUT2D eigenvalue weighted by molar-refractivity contribution is 7.91. The summed E-state index contributed by atoms with van der Waals surface area (Å²) in [4.78, 5) is 22.7. The molecule has 8 nitrogen and oxygen atoms in total. The highest BCUT2D eigenvalue weighted by atomic mass is 32.2. The molecule has 2 aromatic rings. The molecule has 34 heavy (non-hydrogen) atoms. The fraction of sp³-hybridized carbons (Fsp3) is 0.480. The van der Waals surface area contributed by atoms with E-state index in [1.54, 1.807) is 0 Å². The summed E-state index contributed by atoms with van der Waals surface area (Å²) in [6.45, 7) is 2.20. The molecule has 0 heterocycles. The van der Waals surface area contributed by atoms with Crippen LogP contribution in [0.3, 0.4) is 0 Å². The SMILES string of the molecule is CCCCCCCCCCCCS(=O)(=O)c1ccc(O)c(C(=O)Nc2ccc([N+](=O)[O-])cc2)c1. The Morgan fingerprint density at radius 1 is 0.912 bits per heavy atom. The molecule has 9 heteroatoms. The molecule has 0 aromatic heterocycles. The number of sulfone groups is 1. The average molecular weight is 491 g/mol. The quantitative estimate of drug-likeness (QED) is 0.173. The third-order valence-corrected chi connectivity index (χ3v) is 7.47. The molecule has 0 atom stereocenters. The fourth-order valence-electron chi connectivity index (χ4n) is 3.65. The predicted molar refractivity (Wildman–Crippen MR) is 133 cm³/mol. The van der Waals surface area contributed by atoms with Crippen molar-refractivity contribution >= 4 is 27.1 Å². The van der Waals surface area contributed by atoms with E-state index in [0.29, 0.717) is 6.42 Å². The summed E-state index contributed by atoms with van der Waals surface area (Å²) in [6.07, 6.45) is 11.0. The van der Waals surface area contributed by atoms with Crippen molar-refractivity contribution < 1.29 is 23.2 Å². The van der Waals surface area contributed by atoms with Crippen LogP contribution < -0.4 is 5.32 Å². The van der Waals surface area contributed by atoms with Crippen LogP contribution in [0.15, 0.2) is 47.4 Å². The van der Waals surface area contributed by atoms with E-state index in [1.807, 2.05) is 0 Å². The van der Waals surface area contributed by atoms with Crippen molar-refractivity contribution in [1.82, 2.24) is 0 Å². The Balaban J connectivity index is 1.88. The second kappa shape index (κ2) is 13.7. The summed E-state index contributed by atoms with van der Waals surface area (Å²) in [5.74, 6) is -1.07. The van der Waals surface area contributed by atoms with E-state index in [0.717, 1.165) is 19.3 Å². The Kier molecular flexibility index (Phi) is 11.0. The Bertz CT molecular complexity index is 1050. The number of nitrogens with one attached hydrogen (secondary N) is 1. The van der Waals surface area contributed by atoms with E-state index in [9.17, 15) is 28.4 Å². The minimum Gasteiger partial charge on any atom is -0.507 e. The van der Waals surface area contributed by atoms with Gasteiger partial charge in [0.25, 0.3) is 11.6 Å². The monoisotopic (exact) mass is 490 g/mol. The van der Waals surface area contributed by atoms with Gasteiger partial charge in [-0.15, -0.1) is 0 Å². The summed E-state index contributed by atoms with van der Waals surface area (Å²) in [5.41, 5.74) is -0.0166. The number of phenols is 1. The van der Waals surface area contributed by atoms with E-state index in [2.05, 4.69) is 12.2 Å².